The minimum absolute atomic E-state index is 0.418. The van der Waals surface area contributed by atoms with Crippen molar-refractivity contribution >= 4 is 11.6 Å². The van der Waals surface area contributed by atoms with Gasteiger partial charge in [0.1, 0.15) is 6.61 Å². The van der Waals surface area contributed by atoms with E-state index in [2.05, 4.69) is 24.4 Å². The Morgan fingerprint density at radius 3 is 2.40 bits per heavy atom. The number of hydrogen-bond acceptors (Lipinski definition) is 4. The fraction of sp³-hybridized carbons (Fsp3) is 0.280. The molecule has 3 aromatic carbocycles. The first kappa shape index (κ1) is 22.2. The quantitative estimate of drug-likeness (QED) is 0.453. The van der Waals surface area contributed by atoms with Gasteiger partial charge in [-0.3, -0.25) is 0 Å². The predicted octanol–water partition coefficient (Wildman–Crippen LogP) is 5.45. The Balaban J connectivity index is 1.64. The summed E-state index contributed by atoms with van der Waals surface area (Å²) >= 11 is 6.52. The van der Waals surface area contributed by atoms with Crippen molar-refractivity contribution in [2.24, 2.45) is 0 Å². The monoisotopic (exact) mass is 425 g/mol. The van der Waals surface area contributed by atoms with E-state index in [1.54, 1.807) is 0 Å². The summed E-state index contributed by atoms with van der Waals surface area (Å²) in [5.41, 5.74) is 4.13. The summed E-state index contributed by atoms with van der Waals surface area (Å²) in [4.78, 5) is 0. The van der Waals surface area contributed by atoms with Crippen molar-refractivity contribution in [1.29, 1.82) is 0 Å². The minimum atomic E-state index is -0.565. The molecule has 4 nitrogen and oxygen atoms in total. The van der Waals surface area contributed by atoms with E-state index in [-0.39, 0.29) is 0 Å². The van der Waals surface area contributed by atoms with Crippen LogP contribution in [-0.4, -0.2) is 18.3 Å². The summed E-state index contributed by atoms with van der Waals surface area (Å²) in [7, 11) is 0. The van der Waals surface area contributed by atoms with Gasteiger partial charge in [-0.1, -0.05) is 71.8 Å². The number of aliphatic hydroxyl groups is 1. The molecule has 3 rings (SSSR count). The maximum absolute atomic E-state index is 10.3. The third kappa shape index (κ3) is 6.23. The molecule has 158 valence electrons. The van der Waals surface area contributed by atoms with Crippen LogP contribution >= 0.6 is 11.6 Å². The molecule has 2 N–H and O–H groups in total. The van der Waals surface area contributed by atoms with E-state index in [1.807, 2.05) is 61.5 Å². The number of nitrogens with one attached hydrogen (secondary N) is 1. The lowest BCUT2D eigenvalue weighted by atomic mass is 10.1. The molecule has 0 amide bonds. The van der Waals surface area contributed by atoms with Crippen LogP contribution in [0.3, 0.4) is 0 Å². The summed E-state index contributed by atoms with van der Waals surface area (Å²) < 4.78 is 11.8. The van der Waals surface area contributed by atoms with Gasteiger partial charge < -0.3 is 19.9 Å². The first-order chi connectivity index (χ1) is 14.6. The molecule has 0 spiro atoms. The molecule has 0 bridgehead atoms. The standard InChI is InChI=1S/C25H28ClNO3/c1-3-29-24-14-20(15-27-16-23(28)21-7-5-4-6-8-21)13-22(26)25(24)30-17-19-11-9-18(2)10-12-19/h4-14,23,27-28H,3,15-17H2,1-2H3/t23-/m1/s1. The first-order valence-corrected chi connectivity index (χ1v) is 10.5. The van der Waals surface area contributed by atoms with Crippen molar-refractivity contribution in [3.8, 4) is 11.5 Å². The molecule has 0 heterocycles. The molecule has 1 atom stereocenters. The molecule has 0 saturated heterocycles. The van der Waals surface area contributed by atoms with Crippen LogP contribution in [0.25, 0.3) is 0 Å². The maximum atomic E-state index is 10.3. The van der Waals surface area contributed by atoms with Crippen LogP contribution in [-0.2, 0) is 13.2 Å². The molecule has 3 aromatic rings. The fourth-order valence-corrected chi connectivity index (χ4v) is 3.40. The zero-order valence-electron chi connectivity index (χ0n) is 17.4. The molecule has 0 aliphatic rings. The Kier molecular flexibility index (Phi) is 8.14. The van der Waals surface area contributed by atoms with Crippen LogP contribution < -0.4 is 14.8 Å². The van der Waals surface area contributed by atoms with Crippen LogP contribution in [0.4, 0.5) is 0 Å². The lowest BCUT2D eigenvalue weighted by Crippen LogP contribution is -2.21. The average molecular weight is 426 g/mol. The molecule has 0 radical (unpaired) electrons. The second-order valence-electron chi connectivity index (χ2n) is 7.17. The summed E-state index contributed by atoms with van der Waals surface area (Å²) in [6.07, 6.45) is -0.565. The Labute approximate surface area is 183 Å². The fourth-order valence-electron chi connectivity index (χ4n) is 3.11. The molecular weight excluding hydrogens is 398 g/mol. The number of aryl methyl sites for hydroxylation is 1. The van der Waals surface area contributed by atoms with E-state index in [0.29, 0.717) is 42.8 Å². The van der Waals surface area contributed by atoms with Crippen molar-refractivity contribution in [2.45, 2.75) is 33.1 Å². The van der Waals surface area contributed by atoms with Crippen LogP contribution in [0.1, 0.15) is 35.3 Å². The number of ether oxygens (including phenoxy) is 2. The number of rotatable bonds is 10. The summed E-state index contributed by atoms with van der Waals surface area (Å²) in [6, 6.07) is 21.6. The minimum Gasteiger partial charge on any atom is -0.490 e. The number of benzene rings is 3. The largest absolute Gasteiger partial charge is 0.490 e. The number of halogens is 1. The zero-order valence-corrected chi connectivity index (χ0v) is 18.2. The van der Waals surface area contributed by atoms with E-state index in [1.165, 1.54) is 5.56 Å². The number of aliphatic hydroxyl groups excluding tert-OH is 1. The summed E-state index contributed by atoms with van der Waals surface area (Å²) in [6.45, 7) is 5.92. The van der Waals surface area contributed by atoms with Gasteiger partial charge in [0.05, 0.1) is 17.7 Å². The van der Waals surface area contributed by atoms with Crippen molar-refractivity contribution in [1.82, 2.24) is 5.32 Å². The van der Waals surface area contributed by atoms with E-state index in [9.17, 15) is 5.11 Å². The highest BCUT2D eigenvalue weighted by Gasteiger charge is 2.14. The highest BCUT2D eigenvalue weighted by atomic mass is 35.5. The second-order valence-corrected chi connectivity index (χ2v) is 7.58. The molecule has 5 heteroatoms. The van der Waals surface area contributed by atoms with E-state index < -0.39 is 6.10 Å². The Morgan fingerprint density at radius 1 is 0.967 bits per heavy atom. The third-order valence-electron chi connectivity index (χ3n) is 4.72. The molecule has 0 fully saturated rings. The molecule has 0 aliphatic carbocycles. The highest BCUT2D eigenvalue weighted by molar-refractivity contribution is 6.32. The molecule has 0 unspecified atom stereocenters. The maximum Gasteiger partial charge on any atom is 0.180 e. The normalized spacial score (nSPS) is 11.9. The topological polar surface area (TPSA) is 50.7 Å². The third-order valence-corrected chi connectivity index (χ3v) is 5.00. The van der Waals surface area contributed by atoms with Gasteiger partial charge in [0.25, 0.3) is 0 Å². The highest BCUT2D eigenvalue weighted by Crippen LogP contribution is 2.37. The predicted molar refractivity (Wildman–Crippen MR) is 121 cm³/mol. The van der Waals surface area contributed by atoms with Gasteiger partial charge in [-0.15, -0.1) is 0 Å². The lowest BCUT2D eigenvalue weighted by Gasteiger charge is -2.16. The van der Waals surface area contributed by atoms with Gasteiger partial charge in [-0.25, -0.2) is 0 Å². The SMILES string of the molecule is CCOc1cc(CNC[C@@H](O)c2ccccc2)cc(Cl)c1OCc1ccc(C)cc1. The number of hydrogen-bond donors (Lipinski definition) is 2. The Morgan fingerprint density at radius 2 is 1.70 bits per heavy atom. The van der Waals surface area contributed by atoms with Gasteiger partial charge in [-0.2, -0.15) is 0 Å². The van der Waals surface area contributed by atoms with Crippen molar-refractivity contribution < 1.29 is 14.6 Å². The second kappa shape index (κ2) is 11.0. The molecule has 0 aromatic heterocycles. The Hall–Kier alpha value is -2.53. The smallest absolute Gasteiger partial charge is 0.180 e. The van der Waals surface area contributed by atoms with E-state index in [0.717, 1.165) is 16.7 Å². The zero-order chi connectivity index (χ0) is 21.3. The van der Waals surface area contributed by atoms with Gasteiger partial charge in [-0.05, 0) is 42.7 Å². The van der Waals surface area contributed by atoms with E-state index in [4.69, 9.17) is 21.1 Å². The van der Waals surface area contributed by atoms with Crippen molar-refractivity contribution in [3.63, 3.8) is 0 Å². The van der Waals surface area contributed by atoms with Gasteiger partial charge in [0, 0.05) is 13.1 Å². The average Bonchev–Trinajstić information content (AvgIpc) is 2.75. The van der Waals surface area contributed by atoms with Crippen molar-refractivity contribution in [3.05, 3.63) is 94.0 Å². The first-order valence-electron chi connectivity index (χ1n) is 10.1. The van der Waals surface area contributed by atoms with Crippen molar-refractivity contribution in [2.75, 3.05) is 13.2 Å². The molecule has 0 saturated carbocycles. The molecular formula is C25H28ClNO3. The summed E-state index contributed by atoms with van der Waals surface area (Å²) in [5.74, 6) is 1.17. The lowest BCUT2D eigenvalue weighted by molar-refractivity contribution is 0.174. The van der Waals surface area contributed by atoms with Crippen LogP contribution in [0.2, 0.25) is 5.02 Å². The van der Waals surface area contributed by atoms with Gasteiger partial charge in [0.2, 0.25) is 0 Å². The molecule has 30 heavy (non-hydrogen) atoms. The Bertz CT molecular complexity index is 929. The van der Waals surface area contributed by atoms with Gasteiger partial charge in [0.15, 0.2) is 11.5 Å². The van der Waals surface area contributed by atoms with Crippen LogP contribution in [0.5, 0.6) is 11.5 Å². The van der Waals surface area contributed by atoms with Gasteiger partial charge >= 0.3 is 0 Å². The van der Waals surface area contributed by atoms with E-state index >= 15 is 0 Å². The summed E-state index contributed by atoms with van der Waals surface area (Å²) in [5, 5.41) is 14.1. The van der Waals surface area contributed by atoms with Crippen LogP contribution in [0, 0.1) is 6.92 Å². The molecule has 0 aliphatic heterocycles. The van der Waals surface area contributed by atoms with Crippen LogP contribution in [0.15, 0.2) is 66.7 Å².